The molecule has 2 aliphatic rings. The predicted molar refractivity (Wildman–Crippen MR) is 77.7 cm³/mol. The summed E-state index contributed by atoms with van der Waals surface area (Å²) in [6.07, 6.45) is 5.53. The van der Waals surface area contributed by atoms with E-state index in [1.54, 1.807) is 7.11 Å². The van der Waals surface area contributed by atoms with Gasteiger partial charge in [0.15, 0.2) is 0 Å². The third-order valence-corrected chi connectivity index (χ3v) is 4.91. The van der Waals surface area contributed by atoms with Gasteiger partial charge in [0.1, 0.15) is 5.75 Å². The van der Waals surface area contributed by atoms with E-state index in [2.05, 4.69) is 6.07 Å². The van der Waals surface area contributed by atoms with E-state index < -0.39 is 5.97 Å². The van der Waals surface area contributed by atoms with Crippen LogP contribution in [0.1, 0.15) is 48.3 Å². The molecule has 1 fully saturated rings. The van der Waals surface area contributed by atoms with Crippen LogP contribution in [0.5, 0.6) is 5.75 Å². The molecule has 2 aliphatic carbocycles. The molecule has 108 valence electrons. The Morgan fingerprint density at radius 1 is 1.50 bits per heavy atom. The number of benzene rings is 1. The van der Waals surface area contributed by atoms with E-state index in [-0.39, 0.29) is 12.3 Å². The van der Waals surface area contributed by atoms with Gasteiger partial charge in [-0.05, 0) is 54.7 Å². The minimum atomic E-state index is -0.749. The summed E-state index contributed by atoms with van der Waals surface area (Å²) in [6.45, 7) is 0. The summed E-state index contributed by atoms with van der Waals surface area (Å²) in [7, 11) is 1.62. The highest BCUT2D eigenvalue weighted by Gasteiger charge is 2.37. The Balaban J connectivity index is 2.06. The number of carboxylic acids is 1. The number of aryl methyl sites for hydroxylation is 1. The quantitative estimate of drug-likeness (QED) is 0.898. The van der Waals surface area contributed by atoms with Crippen LogP contribution in [-0.4, -0.2) is 18.2 Å². The fourth-order valence-corrected chi connectivity index (χ4v) is 3.80. The topological polar surface area (TPSA) is 46.5 Å². The molecule has 0 radical (unpaired) electrons. The third kappa shape index (κ3) is 2.39. The molecule has 1 aromatic rings. The fourth-order valence-electron chi connectivity index (χ4n) is 3.39. The normalized spacial score (nSPS) is 18.7. The van der Waals surface area contributed by atoms with Crippen molar-refractivity contribution < 1.29 is 14.6 Å². The molecule has 0 saturated heterocycles. The van der Waals surface area contributed by atoms with Crippen LogP contribution in [0, 0.1) is 5.92 Å². The molecule has 0 aliphatic heterocycles. The highest BCUT2D eigenvalue weighted by molar-refractivity contribution is 6.33. The lowest BCUT2D eigenvalue weighted by Crippen LogP contribution is -2.11. The molecule has 1 N–H and O–H groups in total. The van der Waals surface area contributed by atoms with Gasteiger partial charge >= 0.3 is 5.97 Å². The van der Waals surface area contributed by atoms with Gasteiger partial charge in [0.2, 0.25) is 0 Å². The first-order chi connectivity index (χ1) is 9.61. The first-order valence-corrected chi connectivity index (χ1v) is 7.59. The zero-order chi connectivity index (χ0) is 14.3. The maximum absolute atomic E-state index is 11.2. The second kappa shape index (κ2) is 5.28. The van der Waals surface area contributed by atoms with Crippen molar-refractivity contribution >= 4 is 17.6 Å². The summed E-state index contributed by atoms with van der Waals surface area (Å²) >= 11 is 6.49. The summed E-state index contributed by atoms with van der Waals surface area (Å²) in [6, 6.07) is 2.15. The van der Waals surface area contributed by atoms with Crippen molar-refractivity contribution in [3.05, 3.63) is 27.8 Å². The first kappa shape index (κ1) is 13.7. The van der Waals surface area contributed by atoms with Crippen molar-refractivity contribution in [2.24, 2.45) is 5.92 Å². The lowest BCUT2D eigenvalue weighted by atomic mass is 9.88. The third-order valence-electron chi connectivity index (χ3n) is 4.51. The van der Waals surface area contributed by atoms with Gasteiger partial charge in [-0.2, -0.15) is 0 Å². The number of fused-ring (bicyclic) bond motifs is 1. The molecular weight excluding hydrogens is 276 g/mol. The number of halogens is 1. The molecule has 0 amide bonds. The SMILES string of the molecule is COc1c(C(CC(=O)O)C2CC2)cc2c(c1Cl)CCC2. The van der Waals surface area contributed by atoms with Crippen LogP contribution in [0.2, 0.25) is 5.02 Å². The maximum Gasteiger partial charge on any atom is 0.303 e. The van der Waals surface area contributed by atoms with Gasteiger partial charge in [-0.3, -0.25) is 4.79 Å². The molecule has 4 heteroatoms. The summed E-state index contributed by atoms with van der Waals surface area (Å²) in [5, 5.41) is 9.88. The Morgan fingerprint density at radius 2 is 2.25 bits per heavy atom. The number of carboxylic acid groups (broad SMARTS) is 1. The van der Waals surface area contributed by atoms with Crippen LogP contribution >= 0.6 is 11.6 Å². The van der Waals surface area contributed by atoms with Gasteiger partial charge < -0.3 is 9.84 Å². The Morgan fingerprint density at radius 3 is 2.85 bits per heavy atom. The smallest absolute Gasteiger partial charge is 0.303 e. The van der Waals surface area contributed by atoms with Crippen LogP contribution in [0.25, 0.3) is 0 Å². The number of rotatable bonds is 5. The van der Waals surface area contributed by atoms with Gasteiger partial charge in [-0.25, -0.2) is 0 Å². The van der Waals surface area contributed by atoms with E-state index in [0.717, 1.165) is 37.7 Å². The lowest BCUT2D eigenvalue weighted by molar-refractivity contribution is -0.137. The van der Waals surface area contributed by atoms with Crippen LogP contribution in [0.3, 0.4) is 0 Å². The molecule has 3 nitrogen and oxygen atoms in total. The Hall–Kier alpha value is -1.22. The van der Waals surface area contributed by atoms with Crippen LogP contribution in [-0.2, 0) is 17.6 Å². The van der Waals surface area contributed by atoms with E-state index in [0.29, 0.717) is 16.7 Å². The lowest BCUT2D eigenvalue weighted by Gasteiger charge is -2.21. The number of ether oxygens (including phenoxy) is 1. The number of methoxy groups -OCH3 is 1. The predicted octanol–water partition coefficient (Wildman–Crippen LogP) is 3.81. The monoisotopic (exact) mass is 294 g/mol. The standard InChI is InChI=1S/C16H19ClO3/c1-20-16-13(12(8-14(18)19)9-5-6-9)7-10-3-2-4-11(10)15(16)17/h7,9,12H,2-6,8H2,1H3,(H,18,19). The molecular formula is C16H19ClO3. The van der Waals surface area contributed by atoms with Crippen molar-refractivity contribution in [1.82, 2.24) is 0 Å². The Bertz CT molecular complexity index is 549. The molecule has 1 atom stereocenters. The van der Waals surface area contributed by atoms with E-state index in [4.69, 9.17) is 16.3 Å². The van der Waals surface area contributed by atoms with Gasteiger partial charge in [0.05, 0.1) is 18.6 Å². The molecule has 0 bridgehead atoms. The second-order valence-corrected chi connectivity index (χ2v) is 6.22. The van der Waals surface area contributed by atoms with E-state index >= 15 is 0 Å². The first-order valence-electron chi connectivity index (χ1n) is 7.21. The summed E-state index contributed by atoms with van der Waals surface area (Å²) in [4.78, 5) is 11.2. The molecule has 0 heterocycles. The minimum Gasteiger partial charge on any atom is -0.495 e. The van der Waals surface area contributed by atoms with Crippen molar-refractivity contribution in [3.63, 3.8) is 0 Å². The fraction of sp³-hybridized carbons (Fsp3) is 0.562. The molecule has 1 saturated carbocycles. The van der Waals surface area contributed by atoms with Crippen LogP contribution in [0.4, 0.5) is 0 Å². The van der Waals surface area contributed by atoms with Gasteiger partial charge in [-0.1, -0.05) is 17.7 Å². The average molecular weight is 295 g/mol. The van der Waals surface area contributed by atoms with Crippen molar-refractivity contribution in [1.29, 1.82) is 0 Å². The molecule has 0 spiro atoms. The number of aliphatic carboxylic acids is 1. The minimum absolute atomic E-state index is 0.0332. The summed E-state index contributed by atoms with van der Waals surface area (Å²) in [5.41, 5.74) is 3.47. The molecule has 20 heavy (non-hydrogen) atoms. The van der Waals surface area contributed by atoms with E-state index in [1.807, 2.05) is 0 Å². The summed E-state index contributed by atoms with van der Waals surface area (Å²) < 4.78 is 5.52. The summed E-state index contributed by atoms with van der Waals surface area (Å²) in [5.74, 6) is 0.451. The molecule has 1 aromatic carbocycles. The van der Waals surface area contributed by atoms with Gasteiger partial charge in [-0.15, -0.1) is 0 Å². The maximum atomic E-state index is 11.2. The van der Waals surface area contributed by atoms with Crippen LogP contribution in [0.15, 0.2) is 6.07 Å². The highest BCUT2D eigenvalue weighted by atomic mass is 35.5. The number of hydrogen-bond donors (Lipinski definition) is 1. The zero-order valence-corrected chi connectivity index (χ0v) is 12.4. The molecule has 3 rings (SSSR count). The highest BCUT2D eigenvalue weighted by Crippen LogP contribution is 2.50. The average Bonchev–Trinajstić information content (AvgIpc) is 3.13. The Kier molecular flexibility index (Phi) is 3.63. The largest absolute Gasteiger partial charge is 0.495 e. The molecule has 1 unspecified atom stereocenters. The molecule has 0 aromatic heterocycles. The van der Waals surface area contributed by atoms with Gasteiger partial charge in [0, 0.05) is 5.92 Å². The Labute approximate surface area is 123 Å². The number of carbonyl (C=O) groups is 1. The van der Waals surface area contributed by atoms with Crippen molar-refractivity contribution in [3.8, 4) is 5.75 Å². The van der Waals surface area contributed by atoms with E-state index in [1.165, 1.54) is 11.1 Å². The van der Waals surface area contributed by atoms with Crippen molar-refractivity contribution in [2.75, 3.05) is 7.11 Å². The second-order valence-electron chi connectivity index (χ2n) is 5.85. The van der Waals surface area contributed by atoms with Crippen molar-refractivity contribution in [2.45, 2.75) is 44.4 Å². The van der Waals surface area contributed by atoms with Gasteiger partial charge in [0.25, 0.3) is 0 Å². The van der Waals surface area contributed by atoms with E-state index in [9.17, 15) is 9.90 Å². The zero-order valence-electron chi connectivity index (χ0n) is 11.6. The number of hydrogen-bond acceptors (Lipinski definition) is 2. The van der Waals surface area contributed by atoms with Crippen LogP contribution < -0.4 is 4.74 Å².